The Morgan fingerprint density at radius 1 is 0.608 bits per heavy atom. The molecule has 0 spiro atoms. The highest BCUT2D eigenvalue weighted by Crippen LogP contribution is 2.35. The van der Waals surface area contributed by atoms with E-state index < -0.39 is 11.9 Å². The third-order valence-electron chi connectivity index (χ3n) is 10.4. The zero-order chi connectivity index (χ0) is 35.1. The second-order valence-corrected chi connectivity index (χ2v) is 13.9. The van der Waals surface area contributed by atoms with Crippen LogP contribution in [0.15, 0.2) is 170 Å². The van der Waals surface area contributed by atoms with Crippen LogP contribution in [0.3, 0.4) is 0 Å². The summed E-state index contributed by atoms with van der Waals surface area (Å²) in [6.07, 6.45) is 2.03. The van der Waals surface area contributed by atoms with Crippen molar-refractivity contribution < 1.29 is 18.8 Å². The molecule has 0 radical (unpaired) electrons. The second kappa shape index (κ2) is 15.3. The first-order valence-electron chi connectivity index (χ1n) is 18.0. The van der Waals surface area contributed by atoms with Crippen LogP contribution < -0.4 is 26.6 Å². The summed E-state index contributed by atoms with van der Waals surface area (Å²) in [7, 11) is 1.69. The topological polar surface area (TPSA) is 30.7 Å². The number of hydrogen-bond donors (Lipinski definition) is 0. The fraction of sp³-hybridized carbons (Fsp3) is 0.196. The van der Waals surface area contributed by atoms with Crippen molar-refractivity contribution >= 4 is 34.2 Å². The number of fused-ring (bicyclic) bond motifs is 1. The van der Waals surface area contributed by atoms with Crippen molar-refractivity contribution in [2.45, 2.75) is 38.2 Å². The summed E-state index contributed by atoms with van der Waals surface area (Å²) in [5.41, 5.74) is 9.20. The number of ether oxygens (including phenoxy) is 3. The van der Waals surface area contributed by atoms with Gasteiger partial charge < -0.3 is 14.2 Å². The van der Waals surface area contributed by atoms with E-state index in [1.165, 1.54) is 33.0 Å². The molecule has 256 valence electrons. The fourth-order valence-corrected chi connectivity index (χ4v) is 7.91. The van der Waals surface area contributed by atoms with Gasteiger partial charge in [0.05, 0.1) is 7.11 Å². The van der Waals surface area contributed by atoms with E-state index in [1.807, 2.05) is 26.0 Å². The molecule has 51 heavy (non-hydrogen) atoms. The zero-order valence-electron chi connectivity index (χ0n) is 29.8. The summed E-state index contributed by atoms with van der Waals surface area (Å²) in [5, 5.41) is 0. The molecule has 0 amide bonds. The van der Waals surface area contributed by atoms with Gasteiger partial charge in [0.2, 0.25) is 6.04 Å². The molecule has 6 aromatic rings. The molecule has 4 nitrogen and oxygen atoms in total. The molecule has 1 saturated heterocycles. The molecule has 5 heteroatoms. The van der Waals surface area contributed by atoms with E-state index in [9.17, 15) is 0 Å². The quantitative estimate of drug-likeness (QED) is 0.141. The number of benzene rings is 6. The Bertz CT molecular complexity index is 1870. The van der Waals surface area contributed by atoms with Gasteiger partial charge in [0.25, 0.3) is 0 Å². The third-order valence-corrected chi connectivity index (χ3v) is 10.4. The molecule has 0 aromatic heterocycles. The van der Waals surface area contributed by atoms with Crippen LogP contribution in [0.1, 0.15) is 36.6 Å². The SMILES string of the molecule is COc1ccc([C@H]2OC(C)(C)OC[C@H]2[N+]2=Cc3ccccc3CC2)cc1.c1ccc([B-](c2ccccc2)(c2ccccc2)c2ccccc2)cc1. The first-order chi connectivity index (χ1) is 25.0. The number of nitrogens with zero attached hydrogens (tertiary/aromatic N) is 1. The van der Waals surface area contributed by atoms with Gasteiger partial charge in [0.1, 0.15) is 31.2 Å². The molecule has 2 atom stereocenters. The standard InChI is InChI=1S/C24H20B.C22H26NO3/c1-5-13-21(14-6-1)25(22-15-7-2-8-16-22,23-17-9-3-10-18-23)24-19-11-4-12-20-24;1-22(2)25-15-20(21(26-22)17-8-10-19(24-3)11-9-17)23-13-12-16-6-4-5-7-18(16)14-23/h1-20H;4-11,14,20-21H,12-13,15H2,1-3H3/q-1;+1/t;20-,21-/m.1/s1. The first-order valence-corrected chi connectivity index (χ1v) is 18.0. The van der Waals surface area contributed by atoms with Crippen molar-refractivity contribution in [3.05, 3.63) is 187 Å². The van der Waals surface area contributed by atoms with Crippen LogP contribution in [-0.4, -0.2) is 49.0 Å². The molecule has 0 aliphatic carbocycles. The maximum absolute atomic E-state index is 6.36. The highest BCUT2D eigenvalue weighted by atomic mass is 16.7. The smallest absolute Gasteiger partial charge is 0.206 e. The Morgan fingerprint density at radius 3 is 1.57 bits per heavy atom. The van der Waals surface area contributed by atoms with Gasteiger partial charge in [-0.25, -0.2) is 4.58 Å². The molecule has 0 saturated carbocycles. The summed E-state index contributed by atoms with van der Waals surface area (Å²) >= 11 is 0. The van der Waals surface area contributed by atoms with Crippen LogP contribution in [0.25, 0.3) is 0 Å². The minimum atomic E-state index is -1.22. The Hall–Kier alpha value is -5.23. The maximum Gasteiger partial charge on any atom is 0.206 e. The lowest BCUT2D eigenvalue weighted by Gasteiger charge is -2.44. The predicted octanol–water partition coefficient (Wildman–Crippen LogP) is 6.64. The Kier molecular flexibility index (Phi) is 10.3. The average molecular weight is 672 g/mol. The monoisotopic (exact) mass is 671 g/mol. The molecule has 0 bridgehead atoms. The van der Waals surface area contributed by atoms with Crippen molar-refractivity contribution in [2.75, 3.05) is 20.3 Å². The van der Waals surface area contributed by atoms with Crippen LogP contribution in [0.4, 0.5) is 0 Å². The van der Waals surface area contributed by atoms with Crippen LogP contribution in [0.2, 0.25) is 0 Å². The molecule has 2 aliphatic rings. The first kappa shape index (κ1) is 34.2. The lowest BCUT2D eigenvalue weighted by Crippen LogP contribution is -2.74. The van der Waals surface area contributed by atoms with E-state index in [2.05, 4.69) is 169 Å². The van der Waals surface area contributed by atoms with Gasteiger partial charge in [-0.1, -0.05) is 152 Å². The summed E-state index contributed by atoms with van der Waals surface area (Å²) in [6, 6.07) is 60.4. The van der Waals surface area contributed by atoms with Gasteiger partial charge in [-0.15, -0.1) is 0 Å². The van der Waals surface area contributed by atoms with Crippen LogP contribution in [0, 0.1) is 0 Å². The fourth-order valence-electron chi connectivity index (χ4n) is 7.91. The lowest BCUT2D eigenvalue weighted by atomic mass is 9.13. The molecule has 2 heterocycles. The lowest BCUT2D eigenvalue weighted by molar-refractivity contribution is -0.595. The van der Waals surface area contributed by atoms with E-state index in [0.29, 0.717) is 6.61 Å². The Labute approximate surface area is 302 Å². The number of methoxy groups -OCH3 is 1. The van der Waals surface area contributed by atoms with E-state index in [1.54, 1.807) is 7.11 Å². The largest absolute Gasteiger partial charge is 0.497 e. The normalized spacial score (nSPS) is 18.0. The maximum atomic E-state index is 6.36. The number of rotatable bonds is 7. The van der Waals surface area contributed by atoms with E-state index in [4.69, 9.17) is 14.2 Å². The minimum absolute atomic E-state index is 0.0498. The zero-order valence-corrected chi connectivity index (χ0v) is 29.8. The van der Waals surface area contributed by atoms with Gasteiger partial charge in [-0.3, -0.25) is 0 Å². The molecule has 1 fully saturated rings. The second-order valence-electron chi connectivity index (χ2n) is 13.9. The van der Waals surface area contributed by atoms with Gasteiger partial charge >= 0.3 is 0 Å². The molecular formula is C46H46BNO3. The van der Waals surface area contributed by atoms with Crippen molar-refractivity contribution in [1.82, 2.24) is 0 Å². The molecule has 0 N–H and O–H groups in total. The molecule has 8 rings (SSSR count). The summed E-state index contributed by atoms with van der Waals surface area (Å²) in [5.74, 6) is 0.268. The van der Waals surface area contributed by atoms with E-state index in [-0.39, 0.29) is 12.1 Å². The minimum Gasteiger partial charge on any atom is -0.497 e. The Balaban J connectivity index is 0.000000159. The summed E-state index contributed by atoms with van der Waals surface area (Å²) in [4.78, 5) is 0. The van der Waals surface area contributed by atoms with Gasteiger partial charge in [-0.2, -0.15) is 21.9 Å². The number of hydrogen-bond acceptors (Lipinski definition) is 3. The van der Waals surface area contributed by atoms with Crippen LogP contribution in [0.5, 0.6) is 5.75 Å². The molecular weight excluding hydrogens is 625 g/mol. The highest BCUT2D eigenvalue weighted by molar-refractivity contribution is 7.19. The van der Waals surface area contributed by atoms with E-state index >= 15 is 0 Å². The van der Waals surface area contributed by atoms with Crippen molar-refractivity contribution in [1.29, 1.82) is 0 Å². The van der Waals surface area contributed by atoms with Crippen LogP contribution >= 0.6 is 0 Å². The van der Waals surface area contributed by atoms with Crippen molar-refractivity contribution in [3.8, 4) is 5.75 Å². The molecule has 6 aromatic carbocycles. The van der Waals surface area contributed by atoms with Gasteiger partial charge in [-0.05, 0) is 43.2 Å². The molecule has 0 unspecified atom stereocenters. The predicted molar refractivity (Wildman–Crippen MR) is 211 cm³/mol. The summed E-state index contributed by atoms with van der Waals surface area (Å²) < 4.78 is 20.0. The third kappa shape index (κ3) is 7.32. The van der Waals surface area contributed by atoms with Gasteiger partial charge in [0, 0.05) is 12.0 Å². The Morgan fingerprint density at radius 2 is 1.08 bits per heavy atom. The van der Waals surface area contributed by atoms with Crippen LogP contribution in [-0.2, 0) is 15.9 Å². The average Bonchev–Trinajstić information content (AvgIpc) is 3.20. The van der Waals surface area contributed by atoms with Crippen molar-refractivity contribution in [3.63, 3.8) is 0 Å². The highest BCUT2D eigenvalue weighted by Gasteiger charge is 2.44. The summed E-state index contributed by atoms with van der Waals surface area (Å²) in [6.45, 7) is 5.58. The van der Waals surface area contributed by atoms with E-state index in [0.717, 1.165) is 24.3 Å². The molecule has 2 aliphatic heterocycles. The van der Waals surface area contributed by atoms with Gasteiger partial charge in [0.15, 0.2) is 12.0 Å². The van der Waals surface area contributed by atoms with Crippen molar-refractivity contribution in [2.24, 2.45) is 0 Å².